The Hall–Kier alpha value is -2.46. The topological polar surface area (TPSA) is 44.2 Å². The lowest BCUT2D eigenvalue weighted by Crippen LogP contribution is -2.06. The second-order valence-electron chi connectivity index (χ2n) is 6.25. The Morgan fingerprint density at radius 3 is 2.28 bits per heavy atom. The number of alkyl halides is 3. The van der Waals surface area contributed by atoms with Crippen LogP contribution in [0.3, 0.4) is 0 Å². The number of rotatable bonds is 8. The van der Waals surface area contributed by atoms with Crippen LogP contribution < -0.4 is 9.47 Å². The average molecular weight is 427 g/mol. The lowest BCUT2D eigenvalue weighted by atomic mass is 10.1. The molecule has 0 aliphatic rings. The Balaban J connectivity index is 2.22. The van der Waals surface area contributed by atoms with Crippen LogP contribution in [0.4, 0.5) is 13.2 Å². The molecule has 0 aliphatic carbocycles. The van der Waals surface area contributed by atoms with Gasteiger partial charge in [0.2, 0.25) is 0 Å². The SMILES string of the molecule is CCCCOc1cc(C#Cc2ccc(C(F)(F)F)c(Cl)c2)nnc1OCCCC. The van der Waals surface area contributed by atoms with Crippen molar-refractivity contribution in [3.05, 3.63) is 46.1 Å². The number of nitrogens with zero attached hydrogens (tertiary/aromatic N) is 2. The molecule has 2 rings (SSSR count). The van der Waals surface area contributed by atoms with Crippen LogP contribution in [0, 0.1) is 11.8 Å². The molecule has 1 heterocycles. The van der Waals surface area contributed by atoms with Gasteiger partial charge in [-0.25, -0.2) is 0 Å². The summed E-state index contributed by atoms with van der Waals surface area (Å²) in [5.41, 5.74) is -0.249. The molecule has 2 aromatic rings. The average Bonchev–Trinajstić information content (AvgIpc) is 2.67. The van der Waals surface area contributed by atoms with Crippen molar-refractivity contribution in [1.29, 1.82) is 0 Å². The first-order chi connectivity index (χ1) is 13.8. The first-order valence-electron chi connectivity index (χ1n) is 9.37. The van der Waals surface area contributed by atoms with Crippen molar-refractivity contribution in [3.8, 4) is 23.5 Å². The predicted octanol–water partition coefficient (Wildman–Crippen LogP) is 5.91. The van der Waals surface area contributed by atoms with E-state index in [0.29, 0.717) is 36.1 Å². The Morgan fingerprint density at radius 1 is 0.966 bits per heavy atom. The highest BCUT2D eigenvalue weighted by atomic mass is 35.5. The Kier molecular flexibility index (Phi) is 8.59. The number of benzene rings is 1. The zero-order valence-corrected chi connectivity index (χ0v) is 17.0. The minimum atomic E-state index is -4.51. The van der Waals surface area contributed by atoms with Crippen molar-refractivity contribution < 1.29 is 22.6 Å². The molecule has 0 amide bonds. The monoisotopic (exact) mass is 426 g/mol. The van der Waals surface area contributed by atoms with Gasteiger partial charge < -0.3 is 9.47 Å². The number of hydrogen-bond donors (Lipinski definition) is 0. The summed E-state index contributed by atoms with van der Waals surface area (Å²) in [5, 5.41) is 7.63. The lowest BCUT2D eigenvalue weighted by Gasteiger charge is -2.11. The van der Waals surface area contributed by atoms with E-state index in [2.05, 4.69) is 35.9 Å². The summed E-state index contributed by atoms with van der Waals surface area (Å²) >= 11 is 5.72. The molecule has 4 nitrogen and oxygen atoms in total. The van der Waals surface area contributed by atoms with Gasteiger partial charge in [0.15, 0.2) is 5.75 Å². The van der Waals surface area contributed by atoms with E-state index in [-0.39, 0.29) is 0 Å². The zero-order chi connectivity index (χ0) is 21.3. The molecular formula is C21H22ClF3N2O2. The molecule has 0 radical (unpaired) electrons. The van der Waals surface area contributed by atoms with Gasteiger partial charge in [0.1, 0.15) is 5.69 Å². The highest BCUT2D eigenvalue weighted by Gasteiger charge is 2.32. The van der Waals surface area contributed by atoms with E-state index in [1.165, 1.54) is 12.1 Å². The molecule has 156 valence electrons. The van der Waals surface area contributed by atoms with Crippen molar-refractivity contribution in [2.75, 3.05) is 13.2 Å². The van der Waals surface area contributed by atoms with E-state index in [4.69, 9.17) is 21.1 Å². The van der Waals surface area contributed by atoms with Gasteiger partial charge in [-0.3, -0.25) is 0 Å². The summed E-state index contributed by atoms with van der Waals surface area (Å²) in [6, 6.07) is 4.95. The summed E-state index contributed by atoms with van der Waals surface area (Å²) in [5.74, 6) is 6.27. The fraction of sp³-hybridized carbons (Fsp3) is 0.429. The normalized spacial score (nSPS) is 11.0. The molecule has 0 atom stereocenters. The van der Waals surface area contributed by atoms with Crippen LogP contribution in [0.25, 0.3) is 0 Å². The molecular weight excluding hydrogens is 405 g/mol. The van der Waals surface area contributed by atoms with Gasteiger partial charge in [0, 0.05) is 11.6 Å². The van der Waals surface area contributed by atoms with Gasteiger partial charge in [-0.1, -0.05) is 44.2 Å². The number of ether oxygens (including phenoxy) is 2. The van der Waals surface area contributed by atoms with Crippen LogP contribution in [0.5, 0.6) is 11.6 Å². The first-order valence-corrected chi connectivity index (χ1v) is 9.75. The van der Waals surface area contributed by atoms with E-state index >= 15 is 0 Å². The van der Waals surface area contributed by atoms with E-state index in [0.717, 1.165) is 31.7 Å². The second-order valence-corrected chi connectivity index (χ2v) is 6.65. The Morgan fingerprint density at radius 2 is 1.66 bits per heavy atom. The number of unbranched alkanes of at least 4 members (excludes halogenated alkanes) is 2. The molecule has 0 fully saturated rings. The molecule has 0 bridgehead atoms. The van der Waals surface area contributed by atoms with E-state index in [9.17, 15) is 13.2 Å². The summed E-state index contributed by atoms with van der Waals surface area (Å²) in [4.78, 5) is 0. The van der Waals surface area contributed by atoms with Crippen LogP contribution in [-0.4, -0.2) is 23.4 Å². The van der Waals surface area contributed by atoms with Crippen molar-refractivity contribution >= 4 is 11.6 Å². The van der Waals surface area contributed by atoms with Gasteiger partial charge in [0.05, 0.1) is 23.8 Å². The summed E-state index contributed by atoms with van der Waals surface area (Å²) in [6.45, 7) is 5.12. The molecule has 0 unspecified atom stereocenters. The van der Waals surface area contributed by atoms with Crippen molar-refractivity contribution in [2.45, 2.75) is 45.7 Å². The maximum absolute atomic E-state index is 12.8. The number of hydrogen-bond acceptors (Lipinski definition) is 4. The summed E-state index contributed by atoms with van der Waals surface area (Å²) in [6.07, 6.45) is -0.786. The standard InChI is InChI=1S/C21H22ClF3N2O2/c1-3-5-11-28-19-14-16(26-27-20(19)29-12-6-4-2)9-7-15-8-10-17(18(22)13-15)21(23,24)25/h8,10,13-14H,3-6,11-12H2,1-2H3. The first kappa shape index (κ1) is 22.8. The minimum absolute atomic E-state index is 0.303. The van der Waals surface area contributed by atoms with Crippen LogP contribution in [0.15, 0.2) is 24.3 Å². The van der Waals surface area contributed by atoms with Crippen LogP contribution in [0.1, 0.15) is 56.4 Å². The number of halogens is 4. The van der Waals surface area contributed by atoms with Crippen LogP contribution in [-0.2, 0) is 6.18 Å². The molecule has 0 saturated heterocycles. The van der Waals surface area contributed by atoms with Gasteiger partial charge >= 0.3 is 6.18 Å². The predicted molar refractivity (Wildman–Crippen MR) is 105 cm³/mol. The highest BCUT2D eigenvalue weighted by Crippen LogP contribution is 2.34. The van der Waals surface area contributed by atoms with Gasteiger partial charge in [-0.15, -0.1) is 10.2 Å². The van der Waals surface area contributed by atoms with E-state index < -0.39 is 16.8 Å². The molecule has 29 heavy (non-hydrogen) atoms. The Bertz CT molecular complexity index is 876. The fourth-order valence-corrected chi connectivity index (χ4v) is 2.51. The largest absolute Gasteiger partial charge is 0.488 e. The number of aromatic nitrogens is 2. The molecule has 8 heteroatoms. The van der Waals surface area contributed by atoms with Crippen LogP contribution in [0.2, 0.25) is 5.02 Å². The third-order valence-corrected chi connectivity index (χ3v) is 4.14. The quantitative estimate of drug-likeness (QED) is 0.389. The van der Waals surface area contributed by atoms with Crippen molar-refractivity contribution in [1.82, 2.24) is 10.2 Å². The lowest BCUT2D eigenvalue weighted by molar-refractivity contribution is -0.137. The van der Waals surface area contributed by atoms with E-state index in [1.54, 1.807) is 6.07 Å². The zero-order valence-electron chi connectivity index (χ0n) is 16.3. The molecule has 1 aromatic heterocycles. The van der Waals surface area contributed by atoms with Crippen LogP contribution >= 0.6 is 11.6 Å². The van der Waals surface area contributed by atoms with Gasteiger partial charge in [0.25, 0.3) is 5.88 Å². The maximum atomic E-state index is 12.8. The molecule has 1 aromatic carbocycles. The Labute approximate surface area is 173 Å². The highest BCUT2D eigenvalue weighted by molar-refractivity contribution is 6.31. The van der Waals surface area contributed by atoms with Crippen molar-refractivity contribution in [2.24, 2.45) is 0 Å². The third kappa shape index (κ3) is 7.13. The summed E-state index contributed by atoms with van der Waals surface area (Å²) < 4.78 is 49.7. The fourth-order valence-electron chi connectivity index (χ4n) is 2.23. The van der Waals surface area contributed by atoms with Gasteiger partial charge in [-0.2, -0.15) is 13.2 Å². The van der Waals surface area contributed by atoms with E-state index in [1.807, 2.05) is 0 Å². The molecule has 0 spiro atoms. The third-order valence-electron chi connectivity index (χ3n) is 3.83. The molecule has 0 N–H and O–H groups in total. The smallest absolute Gasteiger partial charge is 0.417 e. The molecule has 0 saturated carbocycles. The minimum Gasteiger partial charge on any atom is -0.488 e. The van der Waals surface area contributed by atoms with Gasteiger partial charge in [-0.05, 0) is 37.0 Å². The van der Waals surface area contributed by atoms with Crippen molar-refractivity contribution in [3.63, 3.8) is 0 Å². The maximum Gasteiger partial charge on any atom is 0.417 e. The summed E-state index contributed by atoms with van der Waals surface area (Å²) in [7, 11) is 0. The second kappa shape index (κ2) is 10.9. The molecule has 0 aliphatic heterocycles.